The Morgan fingerprint density at radius 1 is 1.44 bits per heavy atom. The van der Waals surface area contributed by atoms with E-state index in [-0.39, 0.29) is 0 Å². The van der Waals surface area contributed by atoms with Crippen molar-refractivity contribution in [2.75, 3.05) is 0 Å². The molecule has 0 radical (unpaired) electrons. The van der Waals surface area contributed by atoms with Crippen LogP contribution in [0, 0.1) is 13.8 Å². The highest BCUT2D eigenvalue weighted by molar-refractivity contribution is 5.90. The van der Waals surface area contributed by atoms with Crippen LogP contribution in [0.1, 0.15) is 23.9 Å². The summed E-state index contributed by atoms with van der Waals surface area (Å²) in [5.74, 6) is -1.28. The van der Waals surface area contributed by atoms with Gasteiger partial charge >= 0.3 is 5.97 Å². The zero-order valence-corrected chi connectivity index (χ0v) is 10.9. The first-order valence-corrected chi connectivity index (χ1v) is 5.51. The molecule has 1 aromatic rings. The second-order valence-electron chi connectivity index (χ2n) is 4.02. The van der Waals surface area contributed by atoms with Crippen molar-refractivity contribution in [2.24, 2.45) is 12.8 Å². The SMILES string of the molecule is Cc1nn(C)c(C)c1C=CC(=O)OC(C)C(N)=O. The molecule has 0 fully saturated rings. The molecule has 1 aromatic heterocycles. The maximum atomic E-state index is 11.4. The predicted molar refractivity (Wildman–Crippen MR) is 66.5 cm³/mol. The number of aromatic nitrogens is 2. The van der Waals surface area contributed by atoms with E-state index in [0.717, 1.165) is 17.0 Å². The van der Waals surface area contributed by atoms with Crippen LogP contribution in [-0.4, -0.2) is 27.8 Å². The normalized spacial score (nSPS) is 12.7. The van der Waals surface area contributed by atoms with Crippen LogP contribution in [0.25, 0.3) is 6.08 Å². The summed E-state index contributed by atoms with van der Waals surface area (Å²) < 4.78 is 6.52. The number of carbonyl (C=O) groups excluding carboxylic acids is 2. The van der Waals surface area contributed by atoms with Gasteiger partial charge in [-0.3, -0.25) is 9.48 Å². The van der Waals surface area contributed by atoms with Gasteiger partial charge in [0.2, 0.25) is 0 Å². The number of nitrogens with two attached hydrogens (primary N) is 1. The Hall–Kier alpha value is -2.11. The average molecular weight is 251 g/mol. The Bertz CT molecular complexity index is 503. The van der Waals surface area contributed by atoms with Gasteiger partial charge in [0.1, 0.15) is 0 Å². The van der Waals surface area contributed by atoms with Crippen molar-refractivity contribution in [1.29, 1.82) is 0 Å². The van der Waals surface area contributed by atoms with Gasteiger partial charge in [0, 0.05) is 24.4 Å². The van der Waals surface area contributed by atoms with Gasteiger partial charge < -0.3 is 10.5 Å². The zero-order chi connectivity index (χ0) is 13.9. The number of carbonyl (C=O) groups is 2. The molecule has 0 saturated heterocycles. The van der Waals surface area contributed by atoms with E-state index >= 15 is 0 Å². The van der Waals surface area contributed by atoms with E-state index in [1.807, 2.05) is 20.9 Å². The van der Waals surface area contributed by atoms with Crippen molar-refractivity contribution >= 4 is 18.0 Å². The third-order valence-electron chi connectivity index (χ3n) is 2.64. The first-order chi connectivity index (χ1) is 8.32. The van der Waals surface area contributed by atoms with Gasteiger partial charge in [-0.2, -0.15) is 5.10 Å². The lowest BCUT2D eigenvalue weighted by molar-refractivity contribution is -0.148. The molecule has 1 heterocycles. The number of ether oxygens (including phenoxy) is 1. The van der Waals surface area contributed by atoms with Gasteiger partial charge in [-0.05, 0) is 26.8 Å². The van der Waals surface area contributed by atoms with Crippen molar-refractivity contribution < 1.29 is 14.3 Å². The summed E-state index contributed by atoms with van der Waals surface area (Å²) in [7, 11) is 1.83. The monoisotopic (exact) mass is 251 g/mol. The second-order valence-corrected chi connectivity index (χ2v) is 4.02. The molecule has 1 unspecified atom stereocenters. The van der Waals surface area contributed by atoms with Crippen LogP contribution in [0.5, 0.6) is 0 Å². The van der Waals surface area contributed by atoms with Gasteiger partial charge in [0.15, 0.2) is 6.10 Å². The molecule has 1 rings (SSSR count). The molecule has 0 aliphatic rings. The number of esters is 1. The van der Waals surface area contributed by atoms with E-state index in [1.165, 1.54) is 13.0 Å². The molecule has 98 valence electrons. The van der Waals surface area contributed by atoms with E-state index in [9.17, 15) is 9.59 Å². The highest BCUT2D eigenvalue weighted by Gasteiger charge is 2.13. The maximum absolute atomic E-state index is 11.4. The number of rotatable bonds is 4. The Labute approximate surface area is 105 Å². The number of amides is 1. The fourth-order valence-corrected chi connectivity index (χ4v) is 1.45. The third-order valence-corrected chi connectivity index (χ3v) is 2.64. The molecule has 2 N–H and O–H groups in total. The van der Waals surface area contributed by atoms with Crippen LogP contribution in [0.2, 0.25) is 0 Å². The topological polar surface area (TPSA) is 87.2 Å². The van der Waals surface area contributed by atoms with Crippen LogP contribution in [0.3, 0.4) is 0 Å². The van der Waals surface area contributed by atoms with Crippen LogP contribution < -0.4 is 5.73 Å². The van der Waals surface area contributed by atoms with Crippen molar-refractivity contribution in [3.8, 4) is 0 Å². The van der Waals surface area contributed by atoms with Crippen molar-refractivity contribution in [2.45, 2.75) is 26.9 Å². The molecule has 18 heavy (non-hydrogen) atoms. The fraction of sp³-hybridized carbons (Fsp3) is 0.417. The number of aryl methyl sites for hydroxylation is 2. The Morgan fingerprint density at radius 3 is 2.50 bits per heavy atom. The van der Waals surface area contributed by atoms with Crippen LogP contribution in [0.15, 0.2) is 6.08 Å². The highest BCUT2D eigenvalue weighted by atomic mass is 16.5. The van der Waals surface area contributed by atoms with E-state index in [2.05, 4.69) is 5.10 Å². The Morgan fingerprint density at radius 2 is 2.06 bits per heavy atom. The summed E-state index contributed by atoms with van der Waals surface area (Å²) >= 11 is 0. The molecule has 0 spiro atoms. The largest absolute Gasteiger partial charge is 0.449 e. The van der Waals surface area contributed by atoms with Gasteiger partial charge in [0.25, 0.3) is 5.91 Å². The molecule has 0 aromatic carbocycles. The second kappa shape index (κ2) is 5.48. The van der Waals surface area contributed by atoms with Gasteiger partial charge in [-0.25, -0.2) is 4.79 Å². The van der Waals surface area contributed by atoms with Gasteiger partial charge in [-0.1, -0.05) is 0 Å². The first kappa shape index (κ1) is 14.0. The van der Waals surface area contributed by atoms with Crippen molar-refractivity contribution in [3.63, 3.8) is 0 Å². The lowest BCUT2D eigenvalue weighted by atomic mass is 10.2. The lowest BCUT2D eigenvalue weighted by Crippen LogP contribution is -2.29. The molecule has 0 aliphatic carbocycles. The highest BCUT2D eigenvalue weighted by Crippen LogP contribution is 2.13. The molecule has 6 nitrogen and oxygen atoms in total. The quantitative estimate of drug-likeness (QED) is 0.622. The predicted octanol–water partition coefficient (Wildman–Crippen LogP) is 0.467. The van der Waals surface area contributed by atoms with E-state index in [0.29, 0.717) is 0 Å². The van der Waals surface area contributed by atoms with Crippen LogP contribution >= 0.6 is 0 Å². The number of nitrogens with zero attached hydrogens (tertiary/aromatic N) is 2. The molecular formula is C12H17N3O3. The van der Waals surface area contributed by atoms with Gasteiger partial charge in [-0.15, -0.1) is 0 Å². The molecule has 0 aliphatic heterocycles. The smallest absolute Gasteiger partial charge is 0.331 e. The molecule has 1 atom stereocenters. The van der Waals surface area contributed by atoms with Crippen molar-refractivity contribution in [3.05, 3.63) is 23.0 Å². The molecular weight excluding hydrogens is 234 g/mol. The summed E-state index contributed by atoms with van der Waals surface area (Å²) in [5.41, 5.74) is 7.62. The van der Waals surface area contributed by atoms with E-state index in [4.69, 9.17) is 10.5 Å². The Balaban J connectivity index is 2.75. The lowest BCUT2D eigenvalue weighted by Gasteiger charge is -2.06. The number of primary amides is 1. The molecule has 1 amide bonds. The van der Waals surface area contributed by atoms with Crippen molar-refractivity contribution in [1.82, 2.24) is 9.78 Å². The molecule has 0 bridgehead atoms. The van der Waals surface area contributed by atoms with Crippen LogP contribution in [0.4, 0.5) is 0 Å². The Kier molecular flexibility index (Phi) is 4.25. The molecule has 6 heteroatoms. The third kappa shape index (κ3) is 3.19. The fourth-order valence-electron chi connectivity index (χ4n) is 1.45. The minimum atomic E-state index is -0.932. The number of hydrogen-bond donors (Lipinski definition) is 1. The number of hydrogen-bond acceptors (Lipinski definition) is 4. The van der Waals surface area contributed by atoms with Gasteiger partial charge in [0.05, 0.1) is 5.69 Å². The minimum absolute atomic E-state index is 0.607. The summed E-state index contributed by atoms with van der Waals surface area (Å²) in [6, 6.07) is 0. The summed E-state index contributed by atoms with van der Waals surface area (Å²) in [6.45, 7) is 5.18. The minimum Gasteiger partial charge on any atom is -0.449 e. The van der Waals surface area contributed by atoms with Crippen LogP contribution in [-0.2, 0) is 21.4 Å². The zero-order valence-electron chi connectivity index (χ0n) is 10.9. The summed E-state index contributed by atoms with van der Waals surface area (Å²) in [5, 5.41) is 4.22. The van der Waals surface area contributed by atoms with E-state index in [1.54, 1.807) is 10.8 Å². The standard InChI is InChI=1S/C12H17N3O3/c1-7-10(8(2)15(4)14-7)5-6-11(16)18-9(3)12(13)17/h5-6,9H,1-4H3,(H2,13,17). The summed E-state index contributed by atoms with van der Waals surface area (Å²) in [4.78, 5) is 22.1. The molecule has 0 saturated carbocycles. The first-order valence-electron chi connectivity index (χ1n) is 5.51. The summed E-state index contributed by atoms with van der Waals surface area (Å²) in [6.07, 6.45) is 1.95. The van der Waals surface area contributed by atoms with E-state index < -0.39 is 18.0 Å². The average Bonchev–Trinajstić information content (AvgIpc) is 2.51. The maximum Gasteiger partial charge on any atom is 0.331 e.